The van der Waals surface area contributed by atoms with Crippen LogP contribution in [-0.4, -0.2) is 15.6 Å². The van der Waals surface area contributed by atoms with Gasteiger partial charge in [0.25, 0.3) is 11.5 Å². The van der Waals surface area contributed by atoms with Gasteiger partial charge in [0.1, 0.15) is 16.6 Å². The Morgan fingerprint density at radius 3 is 2.64 bits per heavy atom. The van der Waals surface area contributed by atoms with E-state index in [1.165, 1.54) is 40.3 Å². The van der Waals surface area contributed by atoms with E-state index < -0.39 is 0 Å². The summed E-state index contributed by atoms with van der Waals surface area (Å²) in [6, 6.07) is 10.2. The Labute approximate surface area is 147 Å². The molecule has 5 nitrogen and oxygen atoms in total. The van der Waals surface area contributed by atoms with Crippen molar-refractivity contribution in [3.8, 4) is 10.8 Å². The average molecular weight is 358 g/mol. The number of pyridine rings is 1. The van der Waals surface area contributed by atoms with E-state index >= 15 is 0 Å². The van der Waals surface area contributed by atoms with Crippen LogP contribution in [0.3, 0.4) is 0 Å². The topological polar surface area (TPSA) is 71.3 Å². The van der Waals surface area contributed by atoms with Gasteiger partial charge in [0.05, 0.1) is 4.88 Å². The number of aromatic hydroxyl groups is 1. The van der Waals surface area contributed by atoms with E-state index in [2.05, 4.69) is 5.32 Å². The van der Waals surface area contributed by atoms with Crippen molar-refractivity contribution in [2.75, 3.05) is 0 Å². The predicted molar refractivity (Wildman–Crippen MR) is 93.9 cm³/mol. The molecule has 0 saturated heterocycles. The van der Waals surface area contributed by atoms with Gasteiger partial charge in [-0.25, -0.2) is 4.39 Å². The molecule has 7 heteroatoms. The third-order valence-electron chi connectivity index (χ3n) is 3.62. The Kier molecular flexibility index (Phi) is 4.67. The van der Waals surface area contributed by atoms with Gasteiger partial charge in [-0.3, -0.25) is 14.2 Å². The molecule has 0 unspecified atom stereocenters. The van der Waals surface area contributed by atoms with Crippen molar-refractivity contribution in [2.24, 2.45) is 0 Å². The van der Waals surface area contributed by atoms with Crippen LogP contribution in [0.5, 0.6) is 5.75 Å². The molecule has 25 heavy (non-hydrogen) atoms. The zero-order valence-electron chi connectivity index (χ0n) is 13.3. The van der Waals surface area contributed by atoms with Crippen LogP contribution in [0.2, 0.25) is 0 Å². The fourth-order valence-corrected chi connectivity index (χ4v) is 3.40. The van der Waals surface area contributed by atoms with E-state index in [0.29, 0.717) is 9.88 Å². The summed E-state index contributed by atoms with van der Waals surface area (Å²) in [6.07, 6.45) is 1.46. The molecular formula is C18H15FN2O3S. The van der Waals surface area contributed by atoms with Crippen molar-refractivity contribution in [3.63, 3.8) is 0 Å². The number of thiophene rings is 1. The standard InChI is InChI=1S/C18H15FN2O3S/c1-11-8-16(21-7-6-14(22)9-15(21)23)25-17(11)18(24)20-10-12-2-4-13(19)5-3-12/h2-9,22H,10H2,1H3,(H,20,24). The first-order valence-electron chi connectivity index (χ1n) is 7.49. The highest BCUT2D eigenvalue weighted by Crippen LogP contribution is 2.25. The molecule has 3 aromatic rings. The van der Waals surface area contributed by atoms with Gasteiger partial charge in [0.2, 0.25) is 0 Å². The maximum atomic E-state index is 12.9. The third-order valence-corrected chi connectivity index (χ3v) is 4.85. The molecule has 0 radical (unpaired) electrons. The second-order valence-electron chi connectivity index (χ2n) is 5.50. The number of hydrogen-bond acceptors (Lipinski definition) is 4. The van der Waals surface area contributed by atoms with Crippen molar-refractivity contribution >= 4 is 17.2 Å². The van der Waals surface area contributed by atoms with Gasteiger partial charge in [-0.1, -0.05) is 12.1 Å². The predicted octanol–water partition coefficient (Wildman–Crippen LogP) is 2.98. The maximum absolute atomic E-state index is 12.9. The lowest BCUT2D eigenvalue weighted by Crippen LogP contribution is -2.22. The minimum absolute atomic E-state index is 0.105. The summed E-state index contributed by atoms with van der Waals surface area (Å²) >= 11 is 1.19. The van der Waals surface area contributed by atoms with Crippen LogP contribution in [-0.2, 0) is 6.54 Å². The Morgan fingerprint density at radius 1 is 1.24 bits per heavy atom. The van der Waals surface area contributed by atoms with Crippen LogP contribution < -0.4 is 10.9 Å². The van der Waals surface area contributed by atoms with E-state index in [-0.39, 0.29) is 29.6 Å². The van der Waals surface area contributed by atoms with Crippen molar-refractivity contribution in [1.29, 1.82) is 0 Å². The molecule has 0 atom stereocenters. The number of nitrogens with one attached hydrogen (secondary N) is 1. The molecule has 0 spiro atoms. The zero-order chi connectivity index (χ0) is 18.0. The summed E-state index contributed by atoms with van der Waals surface area (Å²) in [5.74, 6) is -0.690. The number of carbonyl (C=O) groups is 1. The molecule has 3 rings (SSSR count). The van der Waals surface area contributed by atoms with Gasteiger partial charge in [0, 0.05) is 18.8 Å². The minimum Gasteiger partial charge on any atom is -0.508 e. The molecule has 1 amide bonds. The Morgan fingerprint density at radius 2 is 1.96 bits per heavy atom. The zero-order valence-corrected chi connectivity index (χ0v) is 14.1. The van der Waals surface area contributed by atoms with Crippen molar-refractivity contribution in [2.45, 2.75) is 13.5 Å². The lowest BCUT2D eigenvalue weighted by molar-refractivity contribution is 0.0954. The molecule has 1 aromatic carbocycles. The van der Waals surface area contributed by atoms with Crippen LogP contribution in [0, 0.1) is 12.7 Å². The van der Waals surface area contributed by atoms with E-state index in [4.69, 9.17) is 0 Å². The van der Waals surface area contributed by atoms with E-state index in [1.54, 1.807) is 25.1 Å². The fraction of sp³-hybridized carbons (Fsp3) is 0.111. The summed E-state index contributed by atoms with van der Waals surface area (Å²) in [4.78, 5) is 24.8. The molecule has 128 valence electrons. The number of aromatic nitrogens is 1. The summed E-state index contributed by atoms with van der Waals surface area (Å²) in [7, 11) is 0. The molecule has 0 aliphatic heterocycles. The molecule has 2 N–H and O–H groups in total. The van der Waals surface area contributed by atoms with E-state index in [9.17, 15) is 19.1 Å². The summed E-state index contributed by atoms with van der Waals surface area (Å²) in [5, 5.41) is 12.7. The lowest BCUT2D eigenvalue weighted by Gasteiger charge is -2.05. The Hall–Kier alpha value is -2.93. The summed E-state index contributed by atoms with van der Waals surface area (Å²) in [6.45, 7) is 2.07. The van der Waals surface area contributed by atoms with Crippen LogP contribution in [0.15, 0.2) is 53.5 Å². The summed E-state index contributed by atoms with van der Waals surface area (Å²) < 4.78 is 14.3. The second-order valence-corrected chi connectivity index (χ2v) is 6.53. The van der Waals surface area contributed by atoms with Crippen LogP contribution >= 0.6 is 11.3 Å². The largest absolute Gasteiger partial charge is 0.508 e. The molecule has 0 bridgehead atoms. The molecule has 0 saturated carbocycles. The second kappa shape index (κ2) is 6.90. The highest BCUT2D eigenvalue weighted by molar-refractivity contribution is 7.16. The van der Waals surface area contributed by atoms with Crippen LogP contribution in [0.4, 0.5) is 4.39 Å². The molecule has 0 aliphatic rings. The quantitative estimate of drug-likeness (QED) is 0.753. The van der Waals surface area contributed by atoms with Gasteiger partial charge in [-0.05, 0) is 42.3 Å². The Balaban J connectivity index is 1.78. The number of hydrogen-bond donors (Lipinski definition) is 2. The van der Waals surface area contributed by atoms with Crippen LogP contribution in [0.1, 0.15) is 20.8 Å². The van der Waals surface area contributed by atoms with Gasteiger partial charge < -0.3 is 10.4 Å². The number of benzene rings is 1. The lowest BCUT2D eigenvalue weighted by atomic mass is 10.2. The number of halogens is 1. The van der Waals surface area contributed by atoms with Gasteiger partial charge in [0.15, 0.2) is 0 Å². The summed E-state index contributed by atoms with van der Waals surface area (Å²) in [5.41, 5.74) is 1.16. The van der Waals surface area contributed by atoms with E-state index in [0.717, 1.165) is 17.2 Å². The SMILES string of the molecule is Cc1cc(-n2ccc(O)cc2=O)sc1C(=O)NCc1ccc(F)cc1. The number of carbonyl (C=O) groups excluding carboxylic acids is 1. The van der Waals surface area contributed by atoms with Gasteiger partial charge in [-0.2, -0.15) is 0 Å². The highest BCUT2D eigenvalue weighted by atomic mass is 32.1. The van der Waals surface area contributed by atoms with Crippen molar-refractivity contribution in [3.05, 3.63) is 80.8 Å². The smallest absolute Gasteiger partial charge is 0.261 e. The Bertz CT molecular complexity index is 977. The first-order chi connectivity index (χ1) is 11.9. The number of rotatable bonds is 4. The van der Waals surface area contributed by atoms with Crippen LogP contribution in [0.25, 0.3) is 5.00 Å². The van der Waals surface area contributed by atoms with Gasteiger partial charge >= 0.3 is 0 Å². The first kappa shape index (κ1) is 16.9. The van der Waals surface area contributed by atoms with E-state index in [1.807, 2.05) is 0 Å². The van der Waals surface area contributed by atoms with Crippen molar-refractivity contribution in [1.82, 2.24) is 9.88 Å². The molecule has 0 fully saturated rings. The molecule has 2 aromatic heterocycles. The maximum Gasteiger partial charge on any atom is 0.261 e. The highest BCUT2D eigenvalue weighted by Gasteiger charge is 2.15. The number of amides is 1. The third kappa shape index (κ3) is 3.77. The number of nitrogens with zero attached hydrogens (tertiary/aromatic N) is 1. The minimum atomic E-state index is -0.375. The molecular weight excluding hydrogens is 343 g/mol. The monoisotopic (exact) mass is 358 g/mol. The molecule has 2 heterocycles. The van der Waals surface area contributed by atoms with Gasteiger partial charge in [-0.15, -0.1) is 11.3 Å². The number of aryl methyl sites for hydroxylation is 1. The average Bonchev–Trinajstić information content (AvgIpc) is 2.95. The van der Waals surface area contributed by atoms with Crippen molar-refractivity contribution < 1.29 is 14.3 Å². The normalized spacial score (nSPS) is 10.6. The molecule has 0 aliphatic carbocycles. The fourth-order valence-electron chi connectivity index (χ4n) is 2.32. The first-order valence-corrected chi connectivity index (χ1v) is 8.31.